The molecule has 0 spiro atoms. The van der Waals surface area contributed by atoms with Crippen molar-refractivity contribution in [1.29, 1.82) is 0 Å². The van der Waals surface area contributed by atoms with Gasteiger partial charge in [-0.3, -0.25) is 0 Å². The number of carboxylic acid groups (broad SMARTS) is 1. The summed E-state index contributed by atoms with van der Waals surface area (Å²) in [6.07, 6.45) is 14.1. The van der Waals surface area contributed by atoms with Crippen LogP contribution in [-0.4, -0.2) is 38.3 Å². The van der Waals surface area contributed by atoms with Gasteiger partial charge in [0.1, 0.15) is 0 Å². The number of benzene rings is 1. The number of hydrogen-bond donors (Lipinski definition) is 2. The summed E-state index contributed by atoms with van der Waals surface area (Å²) in [6, 6.07) is 10.4. The molecule has 1 aromatic rings. The molecular formula is C24H40O3Se. The Labute approximate surface area is 180 Å². The van der Waals surface area contributed by atoms with Gasteiger partial charge < -0.3 is 0 Å². The van der Waals surface area contributed by atoms with E-state index in [1.54, 1.807) is 0 Å². The van der Waals surface area contributed by atoms with E-state index in [2.05, 4.69) is 47.2 Å². The van der Waals surface area contributed by atoms with Crippen LogP contribution in [0.15, 0.2) is 30.3 Å². The van der Waals surface area contributed by atoms with Crippen LogP contribution in [0.25, 0.3) is 0 Å². The van der Waals surface area contributed by atoms with Gasteiger partial charge >= 0.3 is 148 Å². The Morgan fingerprint density at radius 2 is 1.39 bits per heavy atom. The predicted octanol–water partition coefficient (Wildman–Crippen LogP) is 6.00. The molecule has 3 nitrogen and oxygen atoms in total. The Kier molecular flexibility index (Phi) is 14.4. The monoisotopic (exact) mass is 456 g/mol. The van der Waals surface area contributed by atoms with Crippen molar-refractivity contribution in [3.05, 3.63) is 35.9 Å². The number of carbonyl (C=O) groups is 1. The molecule has 0 aliphatic carbocycles. The van der Waals surface area contributed by atoms with E-state index < -0.39 is 5.97 Å². The normalized spacial score (nSPS) is 14.5. The molecule has 0 aliphatic heterocycles. The topological polar surface area (TPSA) is 57.5 Å². The van der Waals surface area contributed by atoms with E-state index in [1.807, 2.05) is 6.07 Å². The van der Waals surface area contributed by atoms with Crippen LogP contribution in [0.1, 0.15) is 102 Å². The summed E-state index contributed by atoms with van der Waals surface area (Å²) in [5.74, 6) is -0.506. The molecule has 160 valence electrons. The van der Waals surface area contributed by atoms with Gasteiger partial charge in [0.25, 0.3) is 0 Å². The predicted molar refractivity (Wildman–Crippen MR) is 119 cm³/mol. The zero-order valence-electron chi connectivity index (χ0n) is 17.6. The van der Waals surface area contributed by atoms with Crippen LogP contribution in [0.4, 0.5) is 0 Å². The number of aliphatic hydroxyl groups is 1. The van der Waals surface area contributed by atoms with E-state index in [-0.39, 0.29) is 16.8 Å². The van der Waals surface area contributed by atoms with Crippen molar-refractivity contribution < 1.29 is 15.0 Å². The van der Waals surface area contributed by atoms with Crippen LogP contribution in [0.2, 0.25) is 4.82 Å². The zero-order chi connectivity index (χ0) is 20.6. The van der Waals surface area contributed by atoms with Crippen molar-refractivity contribution in [3.8, 4) is 0 Å². The van der Waals surface area contributed by atoms with Gasteiger partial charge in [-0.1, -0.05) is 32.6 Å². The fourth-order valence-electron chi connectivity index (χ4n) is 3.80. The zero-order valence-corrected chi connectivity index (χ0v) is 19.4. The Bertz CT molecular complexity index is 506. The van der Waals surface area contributed by atoms with Crippen LogP contribution in [-0.2, 0) is 4.79 Å². The van der Waals surface area contributed by atoms with Crippen LogP contribution >= 0.6 is 0 Å². The maximum absolute atomic E-state index is 10.9. The van der Waals surface area contributed by atoms with Crippen molar-refractivity contribution in [1.82, 2.24) is 0 Å². The third kappa shape index (κ3) is 11.2. The minimum atomic E-state index is -0.720. The van der Waals surface area contributed by atoms with Gasteiger partial charge in [-0.15, -0.1) is 0 Å². The molecule has 0 saturated heterocycles. The second-order valence-corrected chi connectivity index (χ2v) is 9.29. The van der Waals surface area contributed by atoms with Crippen molar-refractivity contribution in [2.24, 2.45) is 0 Å². The molecule has 0 heterocycles. The van der Waals surface area contributed by atoms with Crippen molar-refractivity contribution in [3.63, 3.8) is 0 Å². The van der Waals surface area contributed by atoms with Crippen molar-refractivity contribution >= 4 is 22.0 Å². The fourth-order valence-corrected chi connectivity index (χ4v) is 4.18. The molecule has 28 heavy (non-hydrogen) atoms. The molecule has 0 amide bonds. The first-order chi connectivity index (χ1) is 13.6. The maximum atomic E-state index is 10.9. The first-order valence-electron chi connectivity index (χ1n) is 11.2. The molecule has 4 heteroatoms. The molecule has 2 N–H and O–H groups in total. The van der Waals surface area contributed by atoms with E-state index in [4.69, 9.17) is 5.11 Å². The summed E-state index contributed by atoms with van der Waals surface area (Å²) >= 11 is 2.25. The quantitative estimate of drug-likeness (QED) is 0.224. The number of aliphatic hydroxyl groups excluding tert-OH is 1. The van der Waals surface area contributed by atoms with Gasteiger partial charge in [-0.05, 0) is 0 Å². The molecule has 0 radical (unpaired) electrons. The first-order valence-corrected chi connectivity index (χ1v) is 12.3. The van der Waals surface area contributed by atoms with Gasteiger partial charge in [-0.2, -0.15) is 0 Å². The average molecular weight is 456 g/mol. The van der Waals surface area contributed by atoms with Gasteiger partial charge in [-0.25, -0.2) is 0 Å². The molecule has 0 aliphatic rings. The van der Waals surface area contributed by atoms with E-state index in [1.165, 1.54) is 37.7 Å². The fraction of sp³-hybridized carbons (Fsp3) is 0.708. The standard InChI is InChI=1S/C24H40O3Se/c1-2-3-4-5-6-13-18-22(25)21(20-15-10-9-11-16-20)17-12-7-8-14-19-23(28)24(26)27/h9-11,15-16,21-23,25,28H,2-8,12-14,17-19H2,1H3,(H,26,27). The molecule has 1 rings (SSSR count). The molecular weight excluding hydrogens is 415 g/mol. The number of aliphatic carboxylic acids is 1. The molecule has 1 aromatic carbocycles. The molecule has 0 fully saturated rings. The molecule has 0 saturated carbocycles. The average Bonchev–Trinajstić information content (AvgIpc) is 2.70. The summed E-state index contributed by atoms with van der Waals surface area (Å²) in [5.41, 5.74) is 1.25. The van der Waals surface area contributed by atoms with Gasteiger partial charge in [0, 0.05) is 0 Å². The molecule has 3 atom stereocenters. The summed E-state index contributed by atoms with van der Waals surface area (Å²) in [4.78, 5) is 10.6. The van der Waals surface area contributed by atoms with Crippen LogP contribution < -0.4 is 0 Å². The van der Waals surface area contributed by atoms with E-state index in [0.717, 1.165) is 51.4 Å². The third-order valence-corrected chi connectivity index (χ3v) is 6.58. The summed E-state index contributed by atoms with van der Waals surface area (Å²) in [7, 11) is 0. The number of rotatable bonds is 17. The Morgan fingerprint density at radius 1 is 0.857 bits per heavy atom. The van der Waals surface area contributed by atoms with Crippen LogP contribution in [0.5, 0.6) is 0 Å². The number of carboxylic acids is 1. The van der Waals surface area contributed by atoms with Crippen LogP contribution in [0.3, 0.4) is 0 Å². The van der Waals surface area contributed by atoms with E-state index >= 15 is 0 Å². The molecule has 0 bridgehead atoms. The van der Waals surface area contributed by atoms with Crippen LogP contribution in [0, 0.1) is 0 Å². The minimum absolute atomic E-state index is 0.214. The van der Waals surface area contributed by atoms with E-state index in [9.17, 15) is 9.90 Å². The summed E-state index contributed by atoms with van der Waals surface area (Å²) in [5, 5.41) is 19.8. The second kappa shape index (κ2) is 16.0. The SMILES string of the molecule is CCCCCCCCC(O)C(CCCCCCC([SeH])C(=O)O)c1ccccc1. The third-order valence-electron chi connectivity index (χ3n) is 5.57. The van der Waals surface area contributed by atoms with E-state index in [0.29, 0.717) is 0 Å². The van der Waals surface area contributed by atoms with Gasteiger partial charge in [0.15, 0.2) is 0 Å². The van der Waals surface area contributed by atoms with Gasteiger partial charge in [0.05, 0.1) is 0 Å². The number of hydrogen-bond acceptors (Lipinski definition) is 2. The number of unbranched alkanes of at least 4 members (excludes halogenated alkanes) is 8. The summed E-state index contributed by atoms with van der Waals surface area (Å²) < 4.78 is 0. The Balaban J connectivity index is 2.36. The second-order valence-electron chi connectivity index (χ2n) is 7.99. The summed E-state index contributed by atoms with van der Waals surface area (Å²) in [6.45, 7) is 2.24. The first kappa shape index (κ1) is 25.2. The molecule has 3 unspecified atom stereocenters. The Hall–Kier alpha value is -0.831. The Morgan fingerprint density at radius 3 is 2.00 bits per heavy atom. The molecule has 0 aromatic heterocycles. The van der Waals surface area contributed by atoms with Crippen molar-refractivity contribution in [2.75, 3.05) is 0 Å². The van der Waals surface area contributed by atoms with Crippen molar-refractivity contribution in [2.45, 2.75) is 107 Å². The van der Waals surface area contributed by atoms with Gasteiger partial charge in [0.2, 0.25) is 0 Å².